The Morgan fingerprint density at radius 1 is 1.41 bits per heavy atom. The standard InChI is InChI=1S/C14H28N2O/c1-5-13(3)11-16(9-6-8-15-13)14(4)7-10-17-12(14)2/h12,15H,5-11H2,1-4H3. The van der Waals surface area contributed by atoms with E-state index >= 15 is 0 Å². The summed E-state index contributed by atoms with van der Waals surface area (Å²) in [5, 5.41) is 3.71. The predicted molar refractivity (Wildman–Crippen MR) is 71.3 cm³/mol. The SMILES string of the molecule is CCC1(C)CN(C2(C)CCOC2C)CCCN1. The van der Waals surface area contributed by atoms with Crippen molar-refractivity contribution in [3.05, 3.63) is 0 Å². The molecule has 0 aromatic carbocycles. The molecule has 2 saturated heterocycles. The summed E-state index contributed by atoms with van der Waals surface area (Å²) in [7, 11) is 0. The van der Waals surface area contributed by atoms with Crippen LogP contribution < -0.4 is 5.32 Å². The van der Waals surface area contributed by atoms with Crippen molar-refractivity contribution in [1.82, 2.24) is 10.2 Å². The van der Waals surface area contributed by atoms with E-state index in [1.54, 1.807) is 0 Å². The third-order valence-corrected chi connectivity index (χ3v) is 5.05. The Morgan fingerprint density at radius 3 is 2.76 bits per heavy atom. The molecule has 0 radical (unpaired) electrons. The molecule has 17 heavy (non-hydrogen) atoms. The van der Waals surface area contributed by atoms with E-state index in [1.807, 2.05) is 0 Å². The highest BCUT2D eigenvalue weighted by molar-refractivity contribution is 5.00. The van der Waals surface area contributed by atoms with Crippen LogP contribution in [0.15, 0.2) is 0 Å². The zero-order chi connectivity index (χ0) is 12.5. The van der Waals surface area contributed by atoms with E-state index in [2.05, 4.69) is 37.9 Å². The molecule has 1 N–H and O–H groups in total. The Hall–Kier alpha value is -0.120. The highest BCUT2D eigenvalue weighted by atomic mass is 16.5. The molecule has 0 amide bonds. The molecule has 3 unspecified atom stereocenters. The first kappa shape index (κ1) is 13.3. The summed E-state index contributed by atoms with van der Waals surface area (Å²) in [5.41, 5.74) is 0.504. The Bertz CT molecular complexity index is 271. The topological polar surface area (TPSA) is 24.5 Å². The van der Waals surface area contributed by atoms with Crippen LogP contribution in [0.4, 0.5) is 0 Å². The van der Waals surface area contributed by atoms with E-state index < -0.39 is 0 Å². The zero-order valence-electron chi connectivity index (χ0n) is 11.9. The minimum atomic E-state index is 0.239. The van der Waals surface area contributed by atoms with E-state index in [-0.39, 0.29) is 11.1 Å². The Morgan fingerprint density at radius 2 is 2.18 bits per heavy atom. The van der Waals surface area contributed by atoms with Crippen molar-refractivity contribution in [2.75, 3.05) is 26.2 Å². The first-order valence-corrected chi connectivity index (χ1v) is 7.12. The summed E-state index contributed by atoms with van der Waals surface area (Å²) in [4.78, 5) is 2.67. The van der Waals surface area contributed by atoms with Gasteiger partial charge in [0.05, 0.1) is 6.10 Å². The maximum absolute atomic E-state index is 5.80. The van der Waals surface area contributed by atoms with Gasteiger partial charge in [0.15, 0.2) is 0 Å². The van der Waals surface area contributed by atoms with Crippen molar-refractivity contribution in [2.45, 2.75) is 64.1 Å². The van der Waals surface area contributed by atoms with Gasteiger partial charge in [-0.25, -0.2) is 0 Å². The smallest absolute Gasteiger partial charge is 0.0728 e. The van der Waals surface area contributed by atoms with E-state index in [9.17, 15) is 0 Å². The maximum Gasteiger partial charge on any atom is 0.0728 e. The summed E-state index contributed by atoms with van der Waals surface area (Å²) in [6.07, 6.45) is 3.97. The highest BCUT2D eigenvalue weighted by Gasteiger charge is 2.44. The number of nitrogens with zero attached hydrogens (tertiary/aromatic N) is 1. The molecule has 2 rings (SSSR count). The predicted octanol–water partition coefficient (Wildman–Crippen LogP) is 2.02. The second-order valence-electron chi connectivity index (χ2n) is 6.24. The summed E-state index contributed by atoms with van der Waals surface area (Å²) in [6, 6.07) is 0. The second kappa shape index (κ2) is 4.87. The van der Waals surface area contributed by atoms with Gasteiger partial charge in [0.1, 0.15) is 0 Å². The molecule has 0 spiro atoms. The molecular formula is C14H28N2O. The van der Waals surface area contributed by atoms with E-state index in [4.69, 9.17) is 4.74 Å². The fraction of sp³-hybridized carbons (Fsp3) is 1.00. The lowest BCUT2D eigenvalue weighted by Gasteiger charge is -2.43. The van der Waals surface area contributed by atoms with E-state index in [0.29, 0.717) is 6.10 Å². The molecule has 2 fully saturated rings. The van der Waals surface area contributed by atoms with Crippen LogP contribution in [0.1, 0.15) is 47.0 Å². The average Bonchev–Trinajstić information content (AvgIpc) is 2.54. The molecule has 0 bridgehead atoms. The van der Waals surface area contributed by atoms with Crippen LogP contribution in [0.2, 0.25) is 0 Å². The number of hydrogen-bond acceptors (Lipinski definition) is 3. The van der Waals surface area contributed by atoms with E-state index in [1.165, 1.54) is 25.8 Å². The zero-order valence-corrected chi connectivity index (χ0v) is 11.9. The molecule has 0 saturated carbocycles. The highest BCUT2D eigenvalue weighted by Crippen LogP contribution is 2.34. The van der Waals surface area contributed by atoms with Crippen molar-refractivity contribution in [3.63, 3.8) is 0 Å². The molecule has 3 atom stereocenters. The molecule has 0 aromatic heterocycles. The van der Waals surface area contributed by atoms with Crippen LogP contribution in [0.5, 0.6) is 0 Å². The molecule has 0 aliphatic carbocycles. The fourth-order valence-electron chi connectivity index (χ4n) is 3.13. The number of rotatable bonds is 2. The van der Waals surface area contributed by atoms with Crippen LogP contribution in [0, 0.1) is 0 Å². The van der Waals surface area contributed by atoms with Crippen molar-refractivity contribution in [2.24, 2.45) is 0 Å². The fourth-order valence-corrected chi connectivity index (χ4v) is 3.13. The third kappa shape index (κ3) is 2.51. The molecule has 0 aromatic rings. The third-order valence-electron chi connectivity index (χ3n) is 5.05. The summed E-state index contributed by atoms with van der Waals surface area (Å²) < 4.78 is 5.80. The van der Waals surface area contributed by atoms with Crippen LogP contribution in [-0.2, 0) is 4.74 Å². The largest absolute Gasteiger partial charge is 0.377 e. The second-order valence-corrected chi connectivity index (χ2v) is 6.24. The van der Waals surface area contributed by atoms with E-state index in [0.717, 1.165) is 19.7 Å². The summed E-state index contributed by atoms with van der Waals surface area (Å²) >= 11 is 0. The lowest BCUT2D eigenvalue weighted by atomic mass is 9.89. The number of ether oxygens (including phenoxy) is 1. The Kier molecular flexibility index (Phi) is 3.81. The Labute approximate surface area is 106 Å². The minimum Gasteiger partial charge on any atom is -0.377 e. The number of nitrogens with one attached hydrogen (secondary N) is 1. The molecule has 100 valence electrons. The normalized spacial score (nSPS) is 44.8. The first-order chi connectivity index (χ1) is 8.00. The van der Waals surface area contributed by atoms with Crippen molar-refractivity contribution >= 4 is 0 Å². The minimum absolute atomic E-state index is 0.239. The van der Waals surface area contributed by atoms with Gasteiger partial charge in [-0.2, -0.15) is 0 Å². The van der Waals surface area contributed by atoms with Gasteiger partial charge in [-0.3, -0.25) is 4.90 Å². The van der Waals surface area contributed by atoms with Gasteiger partial charge in [-0.05, 0) is 46.6 Å². The lowest BCUT2D eigenvalue weighted by molar-refractivity contribution is 0.0119. The molecule has 3 nitrogen and oxygen atoms in total. The van der Waals surface area contributed by atoms with Crippen molar-refractivity contribution in [1.29, 1.82) is 0 Å². The quantitative estimate of drug-likeness (QED) is 0.799. The van der Waals surface area contributed by atoms with Gasteiger partial charge in [0.2, 0.25) is 0 Å². The van der Waals surface area contributed by atoms with Gasteiger partial charge in [0.25, 0.3) is 0 Å². The Balaban J connectivity index is 2.14. The number of hydrogen-bond donors (Lipinski definition) is 1. The lowest BCUT2D eigenvalue weighted by Crippen LogP contribution is -2.57. The summed E-state index contributed by atoms with van der Waals surface area (Å²) in [6.45, 7) is 13.7. The van der Waals surface area contributed by atoms with Crippen LogP contribution >= 0.6 is 0 Å². The van der Waals surface area contributed by atoms with Gasteiger partial charge < -0.3 is 10.1 Å². The molecule has 2 aliphatic heterocycles. The van der Waals surface area contributed by atoms with Crippen molar-refractivity contribution < 1.29 is 4.74 Å². The monoisotopic (exact) mass is 240 g/mol. The van der Waals surface area contributed by atoms with Crippen LogP contribution in [0.25, 0.3) is 0 Å². The maximum atomic E-state index is 5.80. The van der Waals surface area contributed by atoms with Gasteiger partial charge in [-0.15, -0.1) is 0 Å². The summed E-state index contributed by atoms with van der Waals surface area (Å²) in [5.74, 6) is 0. The average molecular weight is 240 g/mol. The first-order valence-electron chi connectivity index (χ1n) is 7.12. The van der Waals surface area contributed by atoms with Crippen LogP contribution in [-0.4, -0.2) is 48.3 Å². The molecular weight excluding hydrogens is 212 g/mol. The van der Waals surface area contributed by atoms with Gasteiger partial charge in [0, 0.05) is 30.8 Å². The van der Waals surface area contributed by atoms with Gasteiger partial charge in [-0.1, -0.05) is 6.92 Å². The molecule has 3 heteroatoms. The molecule has 2 aliphatic rings. The van der Waals surface area contributed by atoms with Gasteiger partial charge >= 0.3 is 0 Å². The molecule has 2 heterocycles. The van der Waals surface area contributed by atoms with Crippen LogP contribution in [0.3, 0.4) is 0 Å². The van der Waals surface area contributed by atoms with Crippen molar-refractivity contribution in [3.8, 4) is 0 Å².